The number of carboxylic acid groups (broad SMARTS) is 1. The number of carbonyl (C=O) groups is 1. The fraction of sp³-hybridized carbons (Fsp3) is 0.438. The molecule has 1 saturated heterocycles. The van der Waals surface area contributed by atoms with E-state index in [0.717, 1.165) is 11.1 Å². The van der Waals surface area contributed by atoms with E-state index in [1.165, 1.54) is 0 Å². The molecule has 0 unspecified atom stereocenters. The van der Waals surface area contributed by atoms with Crippen LogP contribution in [0.2, 0.25) is 0 Å². The molecule has 1 aromatic rings. The first kappa shape index (κ1) is 17.4. The first-order valence-corrected chi connectivity index (χ1v) is 7.03. The van der Waals surface area contributed by atoms with Crippen molar-refractivity contribution in [1.29, 1.82) is 0 Å². The average Bonchev–Trinajstić information content (AvgIpc) is 2.55. The van der Waals surface area contributed by atoms with Gasteiger partial charge >= 0.3 is 5.97 Å². The first-order valence-electron chi connectivity index (χ1n) is 7.03. The second-order valence-electron chi connectivity index (χ2n) is 5.20. The Bertz CT molecular complexity index is 577. The smallest absolute Gasteiger partial charge is 0.335 e. The minimum atomic E-state index is -1.72. The van der Waals surface area contributed by atoms with E-state index in [-0.39, 0.29) is 6.61 Å². The molecule has 0 spiro atoms. The number of benzene rings is 1. The summed E-state index contributed by atoms with van der Waals surface area (Å²) < 4.78 is 10.3. The maximum Gasteiger partial charge on any atom is 0.335 e. The Hall–Kier alpha value is -1.95. The number of hydrogen-bond donors (Lipinski definition) is 4. The zero-order chi connectivity index (χ0) is 17.0. The van der Waals surface area contributed by atoms with Crippen molar-refractivity contribution in [1.82, 2.24) is 0 Å². The molecule has 1 fully saturated rings. The van der Waals surface area contributed by atoms with Gasteiger partial charge in [-0.25, -0.2) is 4.79 Å². The molecule has 0 aromatic heterocycles. The monoisotopic (exact) mass is 322 g/mol. The van der Waals surface area contributed by atoms with E-state index in [1.807, 2.05) is 12.1 Å². The minimum Gasteiger partial charge on any atom is -0.479 e. The Labute approximate surface area is 133 Å². The molecule has 1 aromatic carbocycles. The van der Waals surface area contributed by atoms with Gasteiger partial charge in [0.05, 0.1) is 6.61 Å². The molecular weight excluding hydrogens is 304 g/mol. The van der Waals surface area contributed by atoms with Gasteiger partial charge in [0, 0.05) is 5.56 Å². The summed E-state index contributed by atoms with van der Waals surface area (Å²) in [4.78, 5) is 11.0. The maximum atomic E-state index is 11.0. The van der Waals surface area contributed by atoms with Crippen molar-refractivity contribution in [2.45, 2.75) is 37.1 Å². The summed E-state index contributed by atoms with van der Waals surface area (Å²) in [5.41, 5.74) is 1.69. The van der Waals surface area contributed by atoms with E-state index in [1.54, 1.807) is 12.1 Å². The number of aliphatic hydroxyl groups is 3. The van der Waals surface area contributed by atoms with Gasteiger partial charge in [-0.05, 0) is 24.1 Å². The molecule has 4 N–H and O–H groups in total. The second-order valence-corrected chi connectivity index (χ2v) is 5.20. The SMILES string of the molecule is C#Cc1ccc(CCO[C@@H]2O[C@H](C(=O)O)[C@@H](O)[C@H](O)[C@H]2O)cc1. The Morgan fingerprint density at radius 2 is 1.83 bits per heavy atom. The van der Waals surface area contributed by atoms with Crippen LogP contribution in [0, 0.1) is 12.3 Å². The minimum absolute atomic E-state index is 0.131. The summed E-state index contributed by atoms with van der Waals surface area (Å²) in [5, 5.41) is 38.0. The molecule has 0 saturated carbocycles. The lowest BCUT2D eigenvalue weighted by Crippen LogP contribution is -2.60. The van der Waals surface area contributed by atoms with Crippen molar-refractivity contribution in [2.24, 2.45) is 0 Å². The van der Waals surface area contributed by atoms with Crippen LogP contribution in [-0.4, -0.2) is 63.7 Å². The Balaban J connectivity index is 1.90. The number of aliphatic carboxylic acids is 1. The average molecular weight is 322 g/mol. The molecule has 7 heteroatoms. The largest absolute Gasteiger partial charge is 0.479 e. The van der Waals surface area contributed by atoms with Crippen LogP contribution < -0.4 is 0 Å². The van der Waals surface area contributed by atoms with Crippen molar-refractivity contribution >= 4 is 5.97 Å². The number of carboxylic acids is 1. The van der Waals surface area contributed by atoms with E-state index in [9.17, 15) is 20.1 Å². The summed E-state index contributed by atoms with van der Waals surface area (Å²) in [6.45, 7) is 0.131. The highest BCUT2D eigenvalue weighted by Gasteiger charge is 2.47. The molecule has 7 nitrogen and oxygen atoms in total. The molecule has 0 radical (unpaired) electrons. The van der Waals surface area contributed by atoms with Gasteiger partial charge in [-0.2, -0.15) is 0 Å². The van der Waals surface area contributed by atoms with E-state index in [2.05, 4.69) is 5.92 Å². The third-order valence-electron chi connectivity index (χ3n) is 3.61. The van der Waals surface area contributed by atoms with Gasteiger partial charge in [0.1, 0.15) is 18.3 Å². The highest BCUT2D eigenvalue weighted by molar-refractivity contribution is 5.73. The summed E-state index contributed by atoms with van der Waals surface area (Å²) >= 11 is 0. The van der Waals surface area contributed by atoms with Crippen molar-refractivity contribution < 1.29 is 34.7 Å². The summed E-state index contributed by atoms with van der Waals surface area (Å²) in [6, 6.07) is 7.22. The van der Waals surface area contributed by atoms with Gasteiger partial charge in [0.2, 0.25) is 0 Å². The van der Waals surface area contributed by atoms with Gasteiger partial charge in [0.25, 0.3) is 0 Å². The number of rotatable bonds is 5. The van der Waals surface area contributed by atoms with Crippen molar-refractivity contribution in [3.8, 4) is 12.3 Å². The van der Waals surface area contributed by atoms with Gasteiger partial charge in [-0.1, -0.05) is 18.1 Å². The van der Waals surface area contributed by atoms with Gasteiger partial charge in [-0.15, -0.1) is 6.42 Å². The van der Waals surface area contributed by atoms with Crippen LogP contribution in [0.1, 0.15) is 11.1 Å². The Kier molecular flexibility index (Phi) is 5.71. The van der Waals surface area contributed by atoms with E-state index < -0.39 is 36.7 Å². The first-order chi connectivity index (χ1) is 10.9. The number of terminal acetylenes is 1. The number of ether oxygens (including phenoxy) is 2. The number of hydrogen-bond acceptors (Lipinski definition) is 6. The fourth-order valence-electron chi connectivity index (χ4n) is 2.25. The molecule has 124 valence electrons. The van der Waals surface area contributed by atoms with Crippen LogP contribution in [0.15, 0.2) is 24.3 Å². The molecule has 0 amide bonds. The van der Waals surface area contributed by atoms with Crippen LogP contribution in [0.3, 0.4) is 0 Å². The van der Waals surface area contributed by atoms with Gasteiger partial charge < -0.3 is 29.9 Å². The molecule has 0 aliphatic carbocycles. The molecule has 2 rings (SSSR count). The maximum absolute atomic E-state index is 11.0. The molecule has 5 atom stereocenters. The van der Waals surface area contributed by atoms with Crippen LogP contribution >= 0.6 is 0 Å². The predicted octanol–water partition coefficient (Wildman–Crippen LogP) is -0.881. The Morgan fingerprint density at radius 1 is 1.17 bits per heavy atom. The zero-order valence-electron chi connectivity index (χ0n) is 12.2. The van der Waals surface area contributed by atoms with Crippen LogP contribution in [0.4, 0.5) is 0 Å². The summed E-state index contributed by atoms with van der Waals surface area (Å²) in [5.74, 6) is 1.06. The van der Waals surface area contributed by atoms with E-state index in [0.29, 0.717) is 6.42 Å². The molecule has 23 heavy (non-hydrogen) atoms. The van der Waals surface area contributed by atoms with Gasteiger partial charge in [-0.3, -0.25) is 0 Å². The molecule has 1 aliphatic heterocycles. The highest BCUT2D eigenvalue weighted by atomic mass is 16.7. The molecular formula is C16H18O7. The lowest BCUT2D eigenvalue weighted by molar-refractivity contribution is -0.293. The van der Waals surface area contributed by atoms with Crippen molar-refractivity contribution in [2.75, 3.05) is 6.61 Å². The lowest BCUT2D eigenvalue weighted by atomic mass is 9.99. The lowest BCUT2D eigenvalue weighted by Gasteiger charge is -2.38. The van der Waals surface area contributed by atoms with Crippen LogP contribution in [0.25, 0.3) is 0 Å². The van der Waals surface area contributed by atoms with Gasteiger partial charge in [0.15, 0.2) is 12.4 Å². The van der Waals surface area contributed by atoms with Crippen molar-refractivity contribution in [3.63, 3.8) is 0 Å². The Morgan fingerprint density at radius 3 is 2.39 bits per heavy atom. The standard InChI is InChI=1S/C16H18O7/c1-2-9-3-5-10(6-4-9)7-8-22-16-13(19)11(17)12(18)14(23-16)15(20)21/h1,3-6,11-14,16-19H,7-8H2,(H,20,21)/t11-,12-,13+,14-,16+/m0/s1. The molecule has 0 bridgehead atoms. The summed E-state index contributed by atoms with van der Waals surface area (Å²) in [6.07, 6.45) is -2.17. The topological polar surface area (TPSA) is 116 Å². The van der Waals surface area contributed by atoms with E-state index >= 15 is 0 Å². The predicted molar refractivity (Wildman–Crippen MR) is 78.4 cm³/mol. The number of aliphatic hydroxyl groups excluding tert-OH is 3. The third-order valence-corrected chi connectivity index (χ3v) is 3.61. The van der Waals surface area contributed by atoms with Crippen molar-refractivity contribution in [3.05, 3.63) is 35.4 Å². The second kappa shape index (κ2) is 7.55. The zero-order valence-corrected chi connectivity index (χ0v) is 12.2. The fourth-order valence-corrected chi connectivity index (χ4v) is 2.25. The third kappa shape index (κ3) is 4.07. The molecule has 1 heterocycles. The van der Waals surface area contributed by atoms with Crippen LogP contribution in [-0.2, 0) is 20.7 Å². The quantitative estimate of drug-likeness (QED) is 0.520. The highest BCUT2D eigenvalue weighted by Crippen LogP contribution is 2.22. The van der Waals surface area contributed by atoms with Crippen LogP contribution in [0.5, 0.6) is 0 Å². The normalized spacial score (nSPS) is 30.6. The molecule has 1 aliphatic rings. The summed E-state index contributed by atoms with van der Waals surface area (Å²) in [7, 11) is 0. The van der Waals surface area contributed by atoms with E-state index in [4.69, 9.17) is 21.0 Å².